The topological polar surface area (TPSA) is 79.5 Å². The molecular formula is C15H22N4O2. The van der Waals surface area contributed by atoms with Crippen molar-refractivity contribution in [2.24, 2.45) is 11.7 Å². The van der Waals surface area contributed by atoms with E-state index in [4.69, 9.17) is 5.73 Å². The zero-order chi connectivity index (χ0) is 15.4. The molecule has 114 valence electrons. The van der Waals surface area contributed by atoms with Gasteiger partial charge in [0.2, 0.25) is 11.8 Å². The van der Waals surface area contributed by atoms with Crippen LogP contribution in [0.25, 0.3) is 0 Å². The third-order valence-corrected chi connectivity index (χ3v) is 3.96. The van der Waals surface area contributed by atoms with Crippen molar-refractivity contribution in [2.45, 2.75) is 18.9 Å². The third kappa shape index (κ3) is 3.58. The second kappa shape index (κ2) is 6.67. The number of carbonyl (C=O) groups excluding carboxylic acids is 2. The molecule has 0 aromatic carbocycles. The number of hydrogen-bond donors (Lipinski definition) is 1. The molecule has 1 aromatic rings. The molecule has 6 nitrogen and oxygen atoms in total. The van der Waals surface area contributed by atoms with Gasteiger partial charge in [-0.2, -0.15) is 0 Å². The number of likely N-dealkylation sites (tertiary alicyclic amines) is 1. The molecule has 2 rings (SSSR count). The smallest absolute Gasteiger partial charge is 0.244 e. The Kier molecular flexibility index (Phi) is 4.90. The highest BCUT2D eigenvalue weighted by molar-refractivity contribution is 5.84. The van der Waals surface area contributed by atoms with Crippen LogP contribution in [-0.2, 0) is 9.59 Å². The molecule has 1 atom stereocenters. The number of likely N-dealkylation sites (N-methyl/N-ethyl adjacent to an activating group) is 1. The van der Waals surface area contributed by atoms with Crippen molar-refractivity contribution in [1.82, 2.24) is 14.8 Å². The minimum Gasteiger partial charge on any atom is -0.369 e. The zero-order valence-electron chi connectivity index (χ0n) is 12.5. The SMILES string of the molecule is CN(C)C(C(=O)N1CCC(C(N)=O)CC1)c1cccnc1. The zero-order valence-corrected chi connectivity index (χ0v) is 12.5. The molecule has 0 bridgehead atoms. The number of aromatic nitrogens is 1. The Labute approximate surface area is 124 Å². The second-order valence-corrected chi connectivity index (χ2v) is 5.65. The lowest BCUT2D eigenvalue weighted by Gasteiger charge is -2.35. The van der Waals surface area contributed by atoms with E-state index in [1.807, 2.05) is 36.0 Å². The maximum atomic E-state index is 12.8. The summed E-state index contributed by atoms with van der Waals surface area (Å²) < 4.78 is 0. The van der Waals surface area contributed by atoms with Crippen LogP contribution in [0.5, 0.6) is 0 Å². The summed E-state index contributed by atoms with van der Waals surface area (Å²) >= 11 is 0. The first-order chi connectivity index (χ1) is 10.0. The predicted octanol–water partition coefficient (Wildman–Crippen LogP) is 0.408. The van der Waals surface area contributed by atoms with Gasteiger partial charge in [0.05, 0.1) is 0 Å². The number of piperidine rings is 1. The summed E-state index contributed by atoms with van der Waals surface area (Å²) in [6, 6.07) is 3.40. The van der Waals surface area contributed by atoms with E-state index in [0.29, 0.717) is 25.9 Å². The summed E-state index contributed by atoms with van der Waals surface area (Å²) in [4.78, 5) is 31.8. The molecular weight excluding hydrogens is 268 g/mol. The van der Waals surface area contributed by atoms with Crippen molar-refractivity contribution < 1.29 is 9.59 Å². The Bertz CT molecular complexity index is 496. The average Bonchev–Trinajstić information content (AvgIpc) is 2.48. The van der Waals surface area contributed by atoms with Crippen molar-refractivity contribution in [3.8, 4) is 0 Å². The molecule has 2 amide bonds. The van der Waals surface area contributed by atoms with Gasteiger partial charge in [-0.3, -0.25) is 19.5 Å². The molecule has 1 unspecified atom stereocenters. The molecule has 2 heterocycles. The summed E-state index contributed by atoms with van der Waals surface area (Å²) in [5, 5.41) is 0. The maximum absolute atomic E-state index is 12.8. The number of carbonyl (C=O) groups is 2. The highest BCUT2D eigenvalue weighted by Gasteiger charge is 2.31. The van der Waals surface area contributed by atoms with Crippen LogP contribution >= 0.6 is 0 Å². The van der Waals surface area contributed by atoms with Gasteiger partial charge in [0.1, 0.15) is 6.04 Å². The quantitative estimate of drug-likeness (QED) is 0.871. The van der Waals surface area contributed by atoms with E-state index in [1.54, 1.807) is 12.4 Å². The molecule has 1 fully saturated rings. The molecule has 1 aliphatic heterocycles. The van der Waals surface area contributed by atoms with Crippen molar-refractivity contribution >= 4 is 11.8 Å². The molecule has 21 heavy (non-hydrogen) atoms. The van der Waals surface area contributed by atoms with Gasteiger partial charge in [0, 0.05) is 31.4 Å². The van der Waals surface area contributed by atoms with Crippen molar-refractivity contribution in [3.63, 3.8) is 0 Å². The first-order valence-electron chi connectivity index (χ1n) is 7.15. The number of nitrogens with two attached hydrogens (primary N) is 1. The van der Waals surface area contributed by atoms with Gasteiger partial charge in [-0.1, -0.05) is 6.07 Å². The summed E-state index contributed by atoms with van der Waals surface area (Å²) in [6.07, 6.45) is 4.71. The Balaban J connectivity index is 2.09. The van der Waals surface area contributed by atoms with Crippen LogP contribution in [0.1, 0.15) is 24.4 Å². The summed E-state index contributed by atoms with van der Waals surface area (Å²) in [5.74, 6) is -0.320. The molecule has 1 aromatic heterocycles. The number of rotatable bonds is 4. The number of amides is 2. The maximum Gasteiger partial charge on any atom is 0.244 e. The number of hydrogen-bond acceptors (Lipinski definition) is 4. The Morgan fingerprint density at radius 1 is 1.38 bits per heavy atom. The van der Waals surface area contributed by atoms with E-state index < -0.39 is 0 Å². The van der Waals surface area contributed by atoms with Gasteiger partial charge in [0.15, 0.2) is 0 Å². The molecule has 6 heteroatoms. The van der Waals surface area contributed by atoms with Gasteiger partial charge in [-0.15, -0.1) is 0 Å². The Hall–Kier alpha value is -1.95. The standard InChI is InChI=1S/C15H22N4O2/c1-18(2)13(12-4-3-7-17-10-12)15(21)19-8-5-11(6-9-19)14(16)20/h3-4,7,10-11,13H,5-6,8-9H2,1-2H3,(H2,16,20). The molecule has 1 aliphatic rings. The van der Waals surface area contributed by atoms with Crippen LogP contribution in [0.15, 0.2) is 24.5 Å². The van der Waals surface area contributed by atoms with Crippen LogP contribution in [-0.4, -0.2) is 53.8 Å². The minimum atomic E-state index is -0.344. The fraction of sp³-hybridized carbons (Fsp3) is 0.533. The molecule has 0 spiro atoms. The Morgan fingerprint density at radius 2 is 2.05 bits per heavy atom. The fourth-order valence-corrected chi connectivity index (χ4v) is 2.76. The second-order valence-electron chi connectivity index (χ2n) is 5.65. The third-order valence-electron chi connectivity index (χ3n) is 3.96. The molecule has 0 saturated carbocycles. The lowest BCUT2D eigenvalue weighted by molar-refractivity contribution is -0.139. The highest BCUT2D eigenvalue weighted by atomic mass is 16.2. The molecule has 1 saturated heterocycles. The monoisotopic (exact) mass is 290 g/mol. The summed E-state index contributed by atoms with van der Waals surface area (Å²) in [5.41, 5.74) is 6.21. The van der Waals surface area contributed by atoms with Crippen molar-refractivity contribution in [1.29, 1.82) is 0 Å². The van der Waals surface area contributed by atoms with Crippen LogP contribution in [0.4, 0.5) is 0 Å². The van der Waals surface area contributed by atoms with Gasteiger partial charge in [-0.05, 0) is 38.6 Å². The fourth-order valence-electron chi connectivity index (χ4n) is 2.76. The van der Waals surface area contributed by atoms with Crippen molar-refractivity contribution in [2.75, 3.05) is 27.2 Å². The van der Waals surface area contributed by atoms with Crippen LogP contribution in [0, 0.1) is 5.92 Å². The average molecular weight is 290 g/mol. The van der Waals surface area contributed by atoms with E-state index in [1.165, 1.54) is 0 Å². The van der Waals surface area contributed by atoms with E-state index >= 15 is 0 Å². The number of nitrogens with zero attached hydrogens (tertiary/aromatic N) is 3. The number of primary amides is 1. The van der Waals surface area contributed by atoms with Gasteiger partial charge < -0.3 is 10.6 Å². The molecule has 0 radical (unpaired) electrons. The van der Waals surface area contributed by atoms with Crippen LogP contribution in [0.2, 0.25) is 0 Å². The molecule has 2 N–H and O–H groups in total. The van der Waals surface area contributed by atoms with E-state index in [-0.39, 0.29) is 23.8 Å². The van der Waals surface area contributed by atoms with Crippen LogP contribution < -0.4 is 5.73 Å². The van der Waals surface area contributed by atoms with Crippen LogP contribution in [0.3, 0.4) is 0 Å². The van der Waals surface area contributed by atoms with E-state index in [9.17, 15) is 9.59 Å². The first-order valence-corrected chi connectivity index (χ1v) is 7.15. The van der Waals surface area contributed by atoms with E-state index in [2.05, 4.69) is 4.98 Å². The van der Waals surface area contributed by atoms with E-state index in [0.717, 1.165) is 5.56 Å². The normalized spacial score (nSPS) is 17.8. The van der Waals surface area contributed by atoms with Gasteiger partial charge in [-0.25, -0.2) is 0 Å². The lowest BCUT2D eigenvalue weighted by atomic mass is 9.95. The minimum absolute atomic E-state index is 0.0518. The Morgan fingerprint density at radius 3 is 2.52 bits per heavy atom. The van der Waals surface area contributed by atoms with Gasteiger partial charge >= 0.3 is 0 Å². The van der Waals surface area contributed by atoms with Gasteiger partial charge in [0.25, 0.3) is 0 Å². The summed E-state index contributed by atoms with van der Waals surface area (Å²) in [6.45, 7) is 1.16. The predicted molar refractivity (Wildman–Crippen MR) is 79.2 cm³/mol. The number of pyridine rings is 1. The largest absolute Gasteiger partial charge is 0.369 e. The summed E-state index contributed by atoms with van der Waals surface area (Å²) in [7, 11) is 3.76. The van der Waals surface area contributed by atoms with Crippen molar-refractivity contribution in [3.05, 3.63) is 30.1 Å². The molecule has 0 aliphatic carbocycles. The lowest BCUT2D eigenvalue weighted by Crippen LogP contribution is -2.46. The highest BCUT2D eigenvalue weighted by Crippen LogP contribution is 2.24. The first kappa shape index (κ1) is 15.4.